The maximum Gasteiger partial charge on any atom is 0.321 e. The lowest BCUT2D eigenvalue weighted by Gasteiger charge is -2.31. The third-order valence-corrected chi connectivity index (χ3v) is 4.52. The second-order valence-electron chi connectivity index (χ2n) is 4.74. The van der Waals surface area contributed by atoms with Crippen LogP contribution >= 0.6 is 0 Å². The number of carbonyl (C=O) groups excluding carboxylic acids is 1. The Morgan fingerprint density at radius 3 is 2.85 bits per heavy atom. The molecule has 0 bridgehead atoms. The summed E-state index contributed by atoms with van der Waals surface area (Å²) in [5.41, 5.74) is 0.327. The van der Waals surface area contributed by atoms with Gasteiger partial charge in [-0.3, -0.25) is 0 Å². The molecule has 1 aliphatic heterocycles. The van der Waals surface area contributed by atoms with Crippen LogP contribution in [-0.4, -0.2) is 37.7 Å². The Bertz CT molecular complexity index is 606. The summed E-state index contributed by atoms with van der Waals surface area (Å²) in [6.07, 6.45) is 1.01. The van der Waals surface area contributed by atoms with E-state index in [1.165, 1.54) is 23.1 Å². The molecule has 1 fully saturated rings. The van der Waals surface area contributed by atoms with E-state index in [1.807, 2.05) is 0 Å². The third-order valence-electron chi connectivity index (χ3n) is 3.21. The lowest BCUT2D eigenvalue weighted by atomic mass is 10.1. The number of urea groups is 1. The van der Waals surface area contributed by atoms with Crippen LogP contribution in [0.4, 0.5) is 14.9 Å². The number of carbonyl (C=O) groups is 1. The van der Waals surface area contributed by atoms with Crippen LogP contribution < -0.4 is 10.5 Å². The Hall–Kier alpha value is -1.67. The van der Waals surface area contributed by atoms with Gasteiger partial charge in [0.25, 0.3) is 0 Å². The number of rotatable bonds is 2. The molecule has 110 valence electrons. The van der Waals surface area contributed by atoms with Gasteiger partial charge in [0, 0.05) is 18.8 Å². The number of halogens is 1. The highest BCUT2D eigenvalue weighted by Crippen LogP contribution is 2.17. The molecule has 0 saturated carbocycles. The first-order valence-corrected chi connectivity index (χ1v) is 7.80. The van der Waals surface area contributed by atoms with Crippen LogP contribution in [0.5, 0.6) is 0 Å². The molecule has 1 atom stereocenters. The Balaban J connectivity index is 2.02. The molecule has 0 radical (unpaired) electrons. The van der Waals surface area contributed by atoms with Crippen molar-refractivity contribution < 1.29 is 17.6 Å². The summed E-state index contributed by atoms with van der Waals surface area (Å²) < 4.78 is 35.7. The number of nitrogens with one attached hydrogen (secondary N) is 1. The monoisotopic (exact) mass is 301 g/mol. The molecule has 1 unspecified atom stereocenters. The fourth-order valence-electron chi connectivity index (χ4n) is 2.16. The van der Waals surface area contributed by atoms with Gasteiger partial charge in [-0.25, -0.2) is 22.7 Å². The smallest absolute Gasteiger partial charge is 0.321 e. The number of hydrogen-bond donors (Lipinski definition) is 2. The predicted molar refractivity (Wildman–Crippen MR) is 73.1 cm³/mol. The molecule has 0 aromatic heterocycles. The molecule has 3 N–H and O–H groups in total. The first-order chi connectivity index (χ1) is 9.36. The van der Waals surface area contributed by atoms with E-state index in [1.54, 1.807) is 6.07 Å². The molecule has 2 amide bonds. The van der Waals surface area contributed by atoms with Gasteiger partial charge in [-0.05, 0) is 31.0 Å². The molecule has 1 aromatic carbocycles. The van der Waals surface area contributed by atoms with Crippen LogP contribution in [0.2, 0.25) is 0 Å². The molecule has 8 heteroatoms. The number of sulfonamides is 1. The third kappa shape index (κ3) is 3.67. The van der Waals surface area contributed by atoms with Crippen molar-refractivity contribution in [3.63, 3.8) is 0 Å². The summed E-state index contributed by atoms with van der Waals surface area (Å²) in [5, 5.41) is 6.90. The molecule has 6 nitrogen and oxygen atoms in total. The lowest BCUT2D eigenvalue weighted by molar-refractivity contribution is 0.200. The lowest BCUT2D eigenvalue weighted by Crippen LogP contribution is -2.48. The first-order valence-electron chi connectivity index (χ1n) is 6.19. The van der Waals surface area contributed by atoms with Crippen molar-refractivity contribution >= 4 is 21.7 Å². The summed E-state index contributed by atoms with van der Waals surface area (Å²) in [5.74, 6) is -0.455. The number of benzene rings is 1. The van der Waals surface area contributed by atoms with E-state index in [9.17, 15) is 17.6 Å². The van der Waals surface area contributed by atoms with Gasteiger partial charge in [-0.2, -0.15) is 0 Å². The standard InChI is InChI=1S/C12H16FN3O3S/c13-9-3-1-4-10(7-9)15-12(17)16-6-2-5-11(8-16)20(14,18)19/h1,3-4,7,11H,2,5-6,8H2,(H,15,17)(H2,14,18,19). The first kappa shape index (κ1) is 14.7. The average Bonchev–Trinajstić information content (AvgIpc) is 2.38. The number of hydrogen-bond acceptors (Lipinski definition) is 3. The topological polar surface area (TPSA) is 92.5 Å². The Morgan fingerprint density at radius 2 is 2.20 bits per heavy atom. The molecule has 0 spiro atoms. The highest BCUT2D eigenvalue weighted by molar-refractivity contribution is 7.89. The number of nitrogens with zero attached hydrogens (tertiary/aromatic N) is 1. The van der Waals surface area contributed by atoms with Crippen molar-refractivity contribution in [2.75, 3.05) is 18.4 Å². The van der Waals surface area contributed by atoms with Crippen LogP contribution in [0.25, 0.3) is 0 Å². The number of amides is 2. The largest absolute Gasteiger partial charge is 0.323 e. The summed E-state index contributed by atoms with van der Waals surface area (Å²) in [7, 11) is -3.65. The van der Waals surface area contributed by atoms with Crippen LogP contribution in [0.3, 0.4) is 0 Å². The second kappa shape index (κ2) is 5.76. The molecular weight excluding hydrogens is 285 g/mol. The number of primary sulfonamides is 1. The van der Waals surface area contributed by atoms with E-state index < -0.39 is 27.1 Å². The Morgan fingerprint density at radius 1 is 1.45 bits per heavy atom. The van der Waals surface area contributed by atoms with E-state index in [4.69, 9.17) is 5.14 Å². The van der Waals surface area contributed by atoms with E-state index in [0.717, 1.165) is 0 Å². The van der Waals surface area contributed by atoms with Crippen LogP contribution in [0, 0.1) is 5.82 Å². The summed E-state index contributed by atoms with van der Waals surface area (Å²) >= 11 is 0. The van der Waals surface area contributed by atoms with Crippen LogP contribution in [-0.2, 0) is 10.0 Å². The number of nitrogens with two attached hydrogens (primary N) is 1. The van der Waals surface area contributed by atoms with Crippen molar-refractivity contribution in [2.24, 2.45) is 5.14 Å². The van der Waals surface area contributed by atoms with Gasteiger partial charge in [0.1, 0.15) is 5.82 Å². The van der Waals surface area contributed by atoms with E-state index in [2.05, 4.69) is 5.32 Å². The fourth-order valence-corrected chi connectivity index (χ4v) is 3.04. The van der Waals surface area contributed by atoms with Crippen LogP contribution in [0.15, 0.2) is 24.3 Å². The van der Waals surface area contributed by atoms with Gasteiger partial charge in [-0.15, -0.1) is 0 Å². The van der Waals surface area contributed by atoms with Crippen molar-refractivity contribution in [2.45, 2.75) is 18.1 Å². The zero-order valence-electron chi connectivity index (χ0n) is 10.8. The van der Waals surface area contributed by atoms with E-state index in [-0.39, 0.29) is 6.54 Å². The maximum absolute atomic E-state index is 13.0. The summed E-state index contributed by atoms with van der Waals surface area (Å²) in [6, 6.07) is 5.05. The van der Waals surface area contributed by atoms with Crippen molar-refractivity contribution in [1.29, 1.82) is 0 Å². The normalized spacial score (nSPS) is 19.7. The quantitative estimate of drug-likeness (QED) is 0.857. The second-order valence-corrected chi connectivity index (χ2v) is 6.58. The maximum atomic E-state index is 13.0. The van der Waals surface area contributed by atoms with Crippen molar-refractivity contribution in [1.82, 2.24) is 4.90 Å². The Labute approximate surface area is 116 Å². The number of piperidine rings is 1. The van der Waals surface area contributed by atoms with Crippen molar-refractivity contribution in [3.8, 4) is 0 Å². The predicted octanol–water partition coefficient (Wildman–Crippen LogP) is 1.11. The SMILES string of the molecule is NS(=O)(=O)C1CCCN(C(=O)Nc2cccc(F)c2)C1. The minimum absolute atomic E-state index is 0.0555. The van der Waals surface area contributed by atoms with Gasteiger partial charge < -0.3 is 10.2 Å². The van der Waals surface area contributed by atoms with E-state index >= 15 is 0 Å². The van der Waals surface area contributed by atoms with E-state index in [0.29, 0.717) is 25.1 Å². The molecule has 0 aliphatic carbocycles. The van der Waals surface area contributed by atoms with Gasteiger partial charge in [0.05, 0.1) is 5.25 Å². The zero-order valence-corrected chi connectivity index (χ0v) is 11.6. The summed E-state index contributed by atoms with van der Waals surface area (Å²) in [6.45, 7) is 0.507. The average molecular weight is 301 g/mol. The minimum Gasteiger partial charge on any atom is -0.323 e. The van der Waals surface area contributed by atoms with Crippen molar-refractivity contribution in [3.05, 3.63) is 30.1 Å². The highest BCUT2D eigenvalue weighted by atomic mass is 32.2. The number of likely N-dealkylation sites (tertiary alicyclic amines) is 1. The highest BCUT2D eigenvalue weighted by Gasteiger charge is 2.30. The molecule has 1 heterocycles. The zero-order chi connectivity index (χ0) is 14.8. The van der Waals surface area contributed by atoms with Gasteiger partial charge in [-0.1, -0.05) is 6.07 Å². The number of anilines is 1. The van der Waals surface area contributed by atoms with Crippen LogP contribution in [0.1, 0.15) is 12.8 Å². The molecule has 1 saturated heterocycles. The fraction of sp³-hybridized carbons (Fsp3) is 0.417. The Kier molecular flexibility index (Phi) is 4.24. The molecule has 1 aromatic rings. The van der Waals surface area contributed by atoms with Gasteiger partial charge in [0.2, 0.25) is 10.0 Å². The molecule has 2 rings (SSSR count). The molecule has 1 aliphatic rings. The van der Waals surface area contributed by atoms with Gasteiger partial charge >= 0.3 is 6.03 Å². The molecule has 20 heavy (non-hydrogen) atoms. The minimum atomic E-state index is -3.65. The molecular formula is C12H16FN3O3S. The van der Waals surface area contributed by atoms with Gasteiger partial charge in [0.15, 0.2) is 0 Å². The summed E-state index contributed by atoms with van der Waals surface area (Å²) in [4.78, 5) is 13.4.